The summed E-state index contributed by atoms with van der Waals surface area (Å²) in [5.74, 6) is -0.566. The summed E-state index contributed by atoms with van der Waals surface area (Å²) in [5, 5.41) is 3.55. The van der Waals surface area contributed by atoms with E-state index in [1.54, 1.807) is 30.5 Å². The number of carbonyl (C=O) groups excluding carboxylic acids is 1. The van der Waals surface area contributed by atoms with Gasteiger partial charge in [0, 0.05) is 28.4 Å². The Morgan fingerprint density at radius 1 is 1.21 bits per heavy atom. The summed E-state index contributed by atoms with van der Waals surface area (Å²) in [5.41, 5.74) is 2.34. The van der Waals surface area contributed by atoms with E-state index < -0.39 is 12.0 Å². The molecule has 1 aliphatic rings. The lowest BCUT2D eigenvalue weighted by molar-refractivity contribution is -0.144. The van der Waals surface area contributed by atoms with Crippen molar-refractivity contribution in [2.75, 3.05) is 17.2 Å². The average molecular weight is 421 g/mol. The second kappa shape index (κ2) is 7.33. The molecule has 1 aromatic carbocycles. The second-order valence-electron chi connectivity index (χ2n) is 6.80. The van der Waals surface area contributed by atoms with Crippen molar-refractivity contribution in [1.29, 1.82) is 0 Å². The van der Waals surface area contributed by atoms with Gasteiger partial charge in [-0.05, 0) is 38.2 Å². The van der Waals surface area contributed by atoms with Crippen molar-refractivity contribution in [1.82, 2.24) is 19.6 Å². The molecule has 0 saturated heterocycles. The Morgan fingerprint density at radius 2 is 1.97 bits per heavy atom. The van der Waals surface area contributed by atoms with Crippen molar-refractivity contribution in [2.24, 2.45) is 0 Å². The van der Waals surface area contributed by atoms with Crippen LogP contribution < -0.4 is 4.90 Å². The Labute approximate surface area is 169 Å². The van der Waals surface area contributed by atoms with Gasteiger partial charge in [-0.15, -0.1) is 16.9 Å². The van der Waals surface area contributed by atoms with Crippen LogP contribution in [-0.4, -0.2) is 37.8 Å². The molecule has 0 fully saturated rings. The Hall–Kier alpha value is -2.62. The van der Waals surface area contributed by atoms with Crippen molar-refractivity contribution in [2.45, 2.75) is 37.8 Å². The van der Waals surface area contributed by atoms with Crippen molar-refractivity contribution < 1.29 is 18.0 Å². The van der Waals surface area contributed by atoms with Gasteiger partial charge in [0.25, 0.3) is 11.6 Å². The molecule has 0 bridgehead atoms. The maximum atomic E-state index is 13.2. The Morgan fingerprint density at radius 3 is 2.72 bits per heavy atom. The Bertz CT molecular complexity index is 1100. The van der Waals surface area contributed by atoms with E-state index >= 15 is 0 Å². The van der Waals surface area contributed by atoms with Gasteiger partial charge in [-0.3, -0.25) is 4.79 Å². The summed E-state index contributed by atoms with van der Waals surface area (Å²) < 4.78 is 39.9. The fourth-order valence-corrected chi connectivity index (χ4v) is 4.41. The number of hydrogen-bond acceptors (Lipinski definition) is 5. The molecule has 3 aromatic rings. The molecule has 1 aliphatic heterocycles. The van der Waals surface area contributed by atoms with Crippen LogP contribution in [0.4, 0.5) is 18.9 Å². The highest BCUT2D eigenvalue weighted by atomic mass is 32.2. The third-order valence-electron chi connectivity index (χ3n) is 4.87. The number of rotatable bonds is 2. The number of amides is 1. The predicted molar refractivity (Wildman–Crippen MR) is 103 cm³/mol. The third-order valence-corrected chi connectivity index (χ3v) is 6.02. The van der Waals surface area contributed by atoms with E-state index in [9.17, 15) is 18.0 Å². The van der Waals surface area contributed by atoms with E-state index in [0.717, 1.165) is 27.3 Å². The number of alkyl halides is 3. The number of anilines is 1. The van der Waals surface area contributed by atoms with Gasteiger partial charge in [0.15, 0.2) is 0 Å². The zero-order chi connectivity index (χ0) is 20.8. The minimum atomic E-state index is -4.66. The van der Waals surface area contributed by atoms with Crippen molar-refractivity contribution >= 4 is 29.1 Å². The molecule has 1 amide bonds. The van der Waals surface area contributed by atoms with Crippen LogP contribution in [0.2, 0.25) is 0 Å². The number of hydrogen-bond donors (Lipinski definition) is 0. The molecule has 0 atom stereocenters. The van der Waals surface area contributed by atoms with Crippen LogP contribution in [0.15, 0.2) is 29.2 Å². The zero-order valence-corrected chi connectivity index (χ0v) is 16.6. The third kappa shape index (κ3) is 3.68. The van der Waals surface area contributed by atoms with Crippen molar-refractivity contribution in [3.8, 4) is 0 Å². The molecule has 0 spiro atoms. The average Bonchev–Trinajstić information content (AvgIpc) is 2.98. The monoisotopic (exact) mass is 421 g/mol. The lowest BCUT2D eigenvalue weighted by atomic mass is 10.1. The number of para-hydroxylation sites is 1. The van der Waals surface area contributed by atoms with E-state index in [1.807, 2.05) is 24.3 Å². The van der Waals surface area contributed by atoms with Crippen LogP contribution in [0.25, 0.3) is 5.78 Å². The van der Waals surface area contributed by atoms with Crippen LogP contribution in [0.3, 0.4) is 0 Å². The summed E-state index contributed by atoms with van der Waals surface area (Å²) in [6, 6.07) is 7.74. The molecule has 3 heterocycles. The lowest BCUT2D eigenvalue weighted by Crippen LogP contribution is -2.33. The number of thioether (sulfide) groups is 1. The van der Waals surface area contributed by atoms with Gasteiger partial charge in [-0.2, -0.15) is 18.2 Å². The summed E-state index contributed by atoms with van der Waals surface area (Å²) in [6.45, 7) is 3.90. The number of aryl methyl sites for hydroxylation is 2. The first-order valence-corrected chi connectivity index (χ1v) is 10.1. The first kappa shape index (κ1) is 19.7. The molecule has 0 aliphatic carbocycles. The fourth-order valence-electron chi connectivity index (χ4n) is 3.42. The SMILES string of the molecule is Cc1nc2nc(C(F)(F)F)nn2c(C)c1CC(=O)N1CCCSc2ccccc21. The van der Waals surface area contributed by atoms with Crippen molar-refractivity contribution in [3.63, 3.8) is 0 Å². The van der Waals surface area contributed by atoms with Gasteiger partial charge >= 0.3 is 6.18 Å². The lowest BCUT2D eigenvalue weighted by Gasteiger charge is -2.23. The number of carbonyl (C=O) groups is 1. The van der Waals surface area contributed by atoms with Gasteiger partial charge in [-0.1, -0.05) is 12.1 Å². The number of aromatic nitrogens is 4. The molecule has 4 rings (SSSR count). The molecule has 10 heteroatoms. The molecule has 0 saturated carbocycles. The fraction of sp³-hybridized carbons (Fsp3) is 0.368. The van der Waals surface area contributed by atoms with Gasteiger partial charge in [0.2, 0.25) is 5.91 Å². The first-order chi connectivity index (χ1) is 13.8. The minimum absolute atomic E-state index is 0.0286. The van der Waals surface area contributed by atoms with E-state index in [0.29, 0.717) is 23.5 Å². The zero-order valence-electron chi connectivity index (χ0n) is 15.8. The molecule has 152 valence electrons. The van der Waals surface area contributed by atoms with Gasteiger partial charge in [0.05, 0.1) is 12.1 Å². The van der Waals surface area contributed by atoms with E-state index in [2.05, 4.69) is 15.1 Å². The topological polar surface area (TPSA) is 63.4 Å². The first-order valence-electron chi connectivity index (χ1n) is 9.08. The number of fused-ring (bicyclic) bond motifs is 2. The standard InChI is InChI=1S/C19H18F3N5OS/c1-11-13(12(2)27-18(23-11)24-17(25-27)19(20,21)22)10-16(28)26-8-5-9-29-15-7-4-3-6-14(15)26/h3-4,6-7H,5,8-10H2,1-2H3. The quantitative estimate of drug-likeness (QED) is 0.629. The maximum Gasteiger partial charge on any atom is 0.453 e. The summed E-state index contributed by atoms with van der Waals surface area (Å²) in [7, 11) is 0. The summed E-state index contributed by atoms with van der Waals surface area (Å²) in [6.07, 6.45) is -3.77. The highest BCUT2D eigenvalue weighted by Crippen LogP contribution is 2.34. The second-order valence-corrected chi connectivity index (χ2v) is 7.93. The van der Waals surface area contributed by atoms with Gasteiger partial charge in [0.1, 0.15) is 0 Å². The van der Waals surface area contributed by atoms with E-state index in [4.69, 9.17) is 0 Å². The molecule has 0 radical (unpaired) electrons. The van der Waals surface area contributed by atoms with E-state index in [1.165, 1.54) is 0 Å². The van der Waals surface area contributed by atoms with E-state index in [-0.39, 0.29) is 18.1 Å². The Kier molecular flexibility index (Phi) is 4.97. The molecular weight excluding hydrogens is 403 g/mol. The number of halogens is 3. The highest BCUT2D eigenvalue weighted by Gasteiger charge is 2.37. The minimum Gasteiger partial charge on any atom is -0.311 e. The van der Waals surface area contributed by atoms with Crippen LogP contribution in [0.1, 0.15) is 29.2 Å². The summed E-state index contributed by atoms with van der Waals surface area (Å²) in [4.78, 5) is 23.6. The van der Waals surface area contributed by atoms with Crippen LogP contribution in [-0.2, 0) is 17.4 Å². The maximum absolute atomic E-state index is 13.2. The highest BCUT2D eigenvalue weighted by molar-refractivity contribution is 7.99. The number of nitrogens with zero attached hydrogens (tertiary/aromatic N) is 5. The summed E-state index contributed by atoms with van der Waals surface area (Å²) >= 11 is 1.72. The van der Waals surface area contributed by atoms with Crippen LogP contribution in [0.5, 0.6) is 0 Å². The molecule has 29 heavy (non-hydrogen) atoms. The van der Waals surface area contributed by atoms with Crippen LogP contribution >= 0.6 is 11.8 Å². The molecule has 0 N–H and O–H groups in total. The van der Waals surface area contributed by atoms with Crippen molar-refractivity contribution in [3.05, 3.63) is 47.0 Å². The molecule has 6 nitrogen and oxygen atoms in total. The van der Waals surface area contributed by atoms with Crippen LogP contribution in [0, 0.1) is 13.8 Å². The predicted octanol–water partition coefficient (Wildman–Crippen LogP) is 3.83. The van der Waals surface area contributed by atoms with Gasteiger partial charge < -0.3 is 4.90 Å². The Balaban J connectivity index is 1.70. The number of benzene rings is 1. The van der Waals surface area contributed by atoms with Gasteiger partial charge in [-0.25, -0.2) is 9.50 Å². The molecule has 2 aromatic heterocycles. The largest absolute Gasteiger partial charge is 0.453 e. The molecule has 0 unspecified atom stereocenters. The normalized spacial score (nSPS) is 14.7. The smallest absolute Gasteiger partial charge is 0.311 e. The molecular formula is C19H18F3N5OS.